The molecule has 4 heteroatoms. The van der Waals surface area contributed by atoms with Crippen LogP contribution in [0.4, 0.5) is 17.1 Å². The van der Waals surface area contributed by atoms with Gasteiger partial charge in [-0.05, 0) is 24.3 Å². The molecule has 0 saturated carbocycles. The first-order valence-corrected chi connectivity index (χ1v) is 8.06. The fraction of sp³-hybridized carbons (Fsp3) is 0.0476. The van der Waals surface area contributed by atoms with Crippen molar-refractivity contribution in [2.75, 3.05) is 17.7 Å². The van der Waals surface area contributed by atoms with E-state index in [9.17, 15) is 9.59 Å². The van der Waals surface area contributed by atoms with Crippen molar-refractivity contribution in [3.05, 3.63) is 89.0 Å². The Morgan fingerprint density at radius 1 is 0.640 bits per heavy atom. The lowest BCUT2D eigenvalue weighted by Crippen LogP contribution is -2.23. The molecule has 0 heterocycles. The number of ketones is 2. The highest BCUT2D eigenvalue weighted by atomic mass is 16.1. The standard InChI is InChI=1S/C21H16N2O2/c1-22-16-11-12-17(23-13-7-3-2-4-8-13)19-18(16)20(24)14-9-5-6-10-15(14)21(19)25/h2-12,22-23H,1H3. The maximum absolute atomic E-state index is 13.1. The third kappa shape index (κ3) is 2.39. The Kier molecular flexibility index (Phi) is 3.58. The monoisotopic (exact) mass is 328 g/mol. The summed E-state index contributed by atoms with van der Waals surface area (Å²) in [5.41, 5.74) is 3.89. The molecule has 1 aliphatic rings. The minimum Gasteiger partial charge on any atom is -0.388 e. The fourth-order valence-electron chi connectivity index (χ4n) is 3.21. The van der Waals surface area contributed by atoms with Gasteiger partial charge in [0.2, 0.25) is 0 Å². The van der Waals surface area contributed by atoms with E-state index in [1.54, 1.807) is 31.3 Å². The van der Waals surface area contributed by atoms with Gasteiger partial charge in [0.25, 0.3) is 0 Å². The molecule has 0 fully saturated rings. The number of hydrogen-bond acceptors (Lipinski definition) is 4. The second-order valence-electron chi connectivity index (χ2n) is 5.86. The molecule has 4 rings (SSSR count). The molecule has 0 spiro atoms. The molecule has 0 aromatic heterocycles. The summed E-state index contributed by atoms with van der Waals surface area (Å²) in [4.78, 5) is 26.1. The Labute approximate surface area is 145 Å². The van der Waals surface area contributed by atoms with E-state index in [-0.39, 0.29) is 11.6 Å². The van der Waals surface area contributed by atoms with E-state index in [0.717, 1.165) is 5.69 Å². The first-order valence-electron chi connectivity index (χ1n) is 8.06. The summed E-state index contributed by atoms with van der Waals surface area (Å²) in [5, 5.41) is 6.29. The van der Waals surface area contributed by atoms with Crippen molar-refractivity contribution >= 4 is 28.6 Å². The Hall–Kier alpha value is -3.40. The number of nitrogens with one attached hydrogen (secondary N) is 2. The van der Waals surface area contributed by atoms with Crippen LogP contribution in [0.5, 0.6) is 0 Å². The second-order valence-corrected chi connectivity index (χ2v) is 5.86. The molecular formula is C21H16N2O2. The number of fused-ring (bicyclic) bond motifs is 2. The average Bonchev–Trinajstić information content (AvgIpc) is 2.66. The van der Waals surface area contributed by atoms with Gasteiger partial charge in [-0.1, -0.05) is 42.5 Å². The molecular weight excluding hydrogens is 312 g/mol. The van der Waals surface area contributed by atoms with Crippen LogP contribution in [0, 0.1) is 0 Å². The minimum absolute atomic E-state index is 0.133. The summed E-state index contributed by atoms with van der Waals surface area (Å²) in [7, 11) is 1.75. The van der Waals surface area contributed by atoms with E-state index in [4.69, 9.17) is 0 Å². The number of para-hydroxylation sites is 1. The van der Waals surface area contributed by atoms with Crippen LogP contribution in [-0.4, -0.2) is 18.6 Å². The minimum atomic E-state index is -0.138. The number of benzene rings is 3. The van der Waals surface area contributed by atoms with Crippen molar-refractivity contribution in [2.24, 2.45) is 0 Å². The van der Waals surface area contributed by atoms with E-state index in [1.165, 1.54) is 0 Å². The largest absolute Gasteiger partial charge is 0.388 e. The lowest BCUT2D eigenvalue weighted by molar-refractivity contribution is 0.0980. The Morgan fingerprint density at radius 2 is 1.16 bits per heavy atom. The molecule has 25 heavy (non-hydrogen) atoms. The molecule has 1 aliphatic carbocycles. The Bertz CT molecular complexity index is 994. The SMILES string of the molecule is CNc1ccc(Nc2ccccc2)c2c1C(=O)c1ccccc1C2=O. The second kappa shape index (κ2) is 5.91. The van der Waals surface area contributed by atoms with Gasteiger partial charge in [-0.15, -0.1) is 0 Å². The smallest absolute Gasteiger partial charge is 0.196 e. The molecule has 0 unspecified atom stereocenters. The van der Waals surface area contributed by atoms with Crippen LogP contribution >= 0.6 is 0 Å². The highest BCUT2D eigenvalue weighted by molar-refractivity contribution is 6.32. The first-order chi connectivity index (χ1) is 12.2. The van der Waals surface area contributed by atoms with Crippen LogP contribution in [0.2, 0.25) is 0 Å². The van der Waals surface area contributed by atoms with Gasteiger partial charge in [0.15, 0.2) is 11.6 Å². The summed E-state index contributed by atoms with van der Waals surface area (Å²) in [6.07, 6.45) is 0. The molecule has 0 saturated heterocycles. The van der Waals surface area contributed by atoms with Crippen LogP contribution in [0.3, 0.4) is 0 Å². The van der Waals surface area contributed by atoms with Gasteiger partial charge >= 0.3 is 0 Å². The first kappa shape index (κ1) is 15.1. The molecule has 0 radical (unpaired) electrons. The molecule has 4 nitrogen and oxygen atoms in total. The quantitative estimate of drug-likeness (QED) is 0.590. The van der Waals surface area contributed by atoms with Crippen LogP contribution in [0.1, 0.15) is 31.8 Å². The van der Waals surface area contributed by atoms with Gasteiger partial charge in [0, 0.05) is 29.5 Å². The highest BCUT2D eigenvalue weighted by Crippen LogP contribution is 2.37. The van der Waals surface area contributed by atoms with E-state index in [0.29, 0.717) is 33.6 Å². The van der Waals surface area contributed by atoms with Crippen molar-refractivity contribution in [3.63, 3.8) is 0 Å². The topological polar surface area (TPSA) is 58.2 Å². The number of anilines is 3. The van der Waals surface area contributed by atoms with Gasteiger partial charge in [-0.3, -0.25) is 9.59 Å². The summed E-state index contributed by atoms with van der Waals surface area (Å²) >= 11 is 0. The van der Waals surface area contributed by atoms with Gasteiger partial charge in [0.1, 0.15) is 0 Å². The van der Waals surface area contributed by atoms with Crippen molar-refractivity contribution in [1.29, 1.82) is 0 Å². The zero-order chi connectivity index (χ0) is 17.4. The fourth-order valence-corrected chi connectivity index (χ4v) is 3.21. The van der Waals surface area contributed by atoms with Crippen LogP contribution in [-0.2, 0) is 0 Å². The molecule has 2 N–H and O–H groups in total. The number of carbonyl (C=O) groups excluding carboxylic acids is 2. The van der Waals surface area contributed by atoms with Crippen LogP contribution in [0.15, 0.2) is 66.7 Å². The van der Waals surface area contributed by atoms with E-state index >= 15 is 0 Å². The summed E-state index contributed by atoms with van der Waals surface area (Å²) in [6.45, 7) is 0. The van der Waals surface area contributed by atoms with Crippen molar-refractivity contribution in [1.82, 2.24) is 0 Å². The molecule has 122 valence electrons. The molecule has 3 aromatic rings. The average molecular weight is 328 g/mol. The number of hydrogen-bond donors (Lipinski definition) is 2. The maximum Gasteiger partial charge on any atom is 0.196 e. The maximum atomic E-state index is 13.1. The third-order valence-corrected chi connectivity index (χ3v) is 4.40. The summed E-state index contributed by atoms with van der Waals surface area (Å²) < 4.78 is 0. The summed E-state index contributed by atoms with van der Waals surface area (Å²) in [6, 6.07) is 20.2. The lowest BCUT2D eigenvalue weighted by Gasteiger charge is -2.23. The normalized spacial score (nSPS) is 12.4. The lowest BCUT2D eigenvalue weighted by atomic mass is 9.82. The van der Waals surface area contributed by atoms with E-state index in [2.05, 4.69) is 10.6 Å². The molecule has 0 aliphatic heterocycles. The van der Waals surface area contributed by atoms with E-state index in [1.807, 2.05) is 42.5 Å². The zero-order valence-electron chi connectivity index (χ0n) is 13.7. The molecule has 3 aromatic carbocycles. The molecule has 0 bridgehead atoms. The predicted molar refractivity (Wildman–Crippen MR) is 99.0 cm³/mol. The van der Waals surface area contributed by atoms with Gasteiger partial charge < -0.3 is 10.6 Å². The van der Waals surface area contributed by atoms with Crippen molar-refractivity contribution < 1.29 is 9.59 Å². The van der Waals surface area contributed by atoms with Crippen molar-refractivity contribution in [3.8, 4) is 0 Å². The van der Waals surface area contributed by atoms with Crippen LogP contribution < -0.4 is 10.6 Å². The number of rotatable bonds is 3. The third-order valence-electron chi connectivity index (χ3n) is 4.40. The Balaban J connectivity index is 1.93. The van der Waals surface area contributed by atoms with Crippen molar-refractivity contribution in [2.45, 2.75) is 0 Å². The zero-order valence-corrected chi connectivity index (χ0v) is 13.7. The van der Waals surface area contributed by atoms with Gasteiger partial charge in [0.05, 0.1) is 16.8 Å². The highest BCUT2D eigenvalue weighted by Gasteiger charge is 2.33. The van der Waals surface area contributed by atoms with E-state index < -0.39 is 0 Å². The number of carbonyl (C=O) groups is 2. The molecule has 0 amide bonds. The van der Waals surface area contributed by atoms with Gasteiger partial charge in [-0.25, -0.2) is 0 Å². The van der Waals surface area contributed by atoms with Crippen LogP contribution in [0.25, 0.3) is 0 Å². The Morgan fingerprint density at radius 3 is 1.76 bits per heavy atom. The predicted octanol–water partition coefficient (Wildman–Crippen LogP) is 4.25. The summed E-state index contributed by atoms with van der Waals surface area (Å²) in [5.74, 6) is -0.271. The van der Waals surface area contributed by atoms with Gasteiger partial charge in [-0.2, -0.15) is 0 Å². The molecule has 0 atom stereocenters.